The van der Waals surface area contributed by atoms with Gasteiger partial charge in [-0.3, -0.25) is 0 Å². The van der Waals surface area contributed by atoms with E-state index in [1.165, 1.54) is 0 Å². The Balaban J connectivity index is 2.20. The maximum absolute atomic E-state index is 9.40. The average Bonchev–Trinajstić information content (AvgIpc) is 2.47. The van der Waals surface area contributed by atoms with Crippen LogP contribution in [0.4, 0.5) is 5.69 Å². The molecular weight excluding hydrogens is 262 g/mol. The van der Waals surface area contributed by atoms with Gasteiger partial charge in [-0.1, -0.05) is 31.2 Å². The van der Waals surface area contributed by atoms with Gasteiger partial charge in [0.25, 0.3) is 0 Å². The largest absolute Gasteiger partial charge is 0.508 e. The molecule has 0 heterocycles. The molecule has 2 rings (SSSR count). The molecule has 0 aliphatic rings. The van der Waals surface area contributed by atoms with Crippen LogP contribution >= 0.6 is 0 Å². The first kappa shape index (κ1) is 15.2. The molecule has 2 aromatic carbocycles. The smallest absolute Gasteiger partial charge is 0.142 e. The summed E-state index contributed by atoms with van der Waals surface area (Å²) in [5.41, 5.74) is 2.14. The number of ether oxygens (including phenoxy) is 1. The molecule has 0 saturated carbocycles. The topological polar surface area (TPSA) is 41.5 Å². The first-order chi connectivity index (χ1) is 10.1. The van der Waals surface area contributed by atoms with Crippen molar-refractivity contribution in [3.63, 3.8) is 0 Å². The molecule has 0 bridgehead atoms. The molecule has 1 unspecified atom stereocenters. The Hall–Kier alpha value is -2.16. The van der Waals surface area contributed by atoms with E-state index < -0.39 is 0 Å². The number of rotatable bonds is 6. The Bertz CT molecular complexity index is 564. The second kappa shape index (κ2) is 7.02. The van der Waals surface area contributed by atoms with E-state index in [-0.39, 0.29) is 17.9 Å². The lowest BCUT2D eigenvalue weighted by Gasteiger charge is -2.22. The molecule has 0 radical (unpaired) electrons. The Morgan fingerprint density at radius 1 is 1.05 bits per heavy atom. The molecule has 2 N–H and O–H groups in total. The summed E-state index contributed by atoms with van der Waals surface area (Å²) in [6.45, 7) is 6.18. The van der Waals surface area contributed by atoms with Crippen LogP contribution in [-0.2, 0) is 0 Å². The lowest BCUT2D eigenvalue weighted by molar-refractivity contribution is 0.243. The van der Waals surface area contributed by atoms with Crippen LogP contribution in [0.15, 0.2) is 48.5 Å². The van der Waals surface area contributed by atoms with Crippen molar-refractivity contribution >= 4 is 5.69 Å². The molecule has 21 heavy (non-hydrogen) atoms. The standard InChI is InChI=1S/C18H23NO2/c1-4-16(14-9-11-15(20)12-10-14)19-17-7-5-6-8-18(17)21-13(2)3/h5-13,16,19-20H,4H2,1-3H3. The van der Waals surface area contributed by atoms with E-state index >= 15 is 0 Å². The van der Waals surface area contributed by atoms with E-state index in [0.29, 0.717) is 0 Å². The molecular formula is C18H23NO2. The third-order valence-electron chi connectivity index (χ3n) is 3.28. The van der Waals surface area contributed by atoms with Gasteiger partial charge < -0.3 is 15.2 Å². The zero-order chi connectivity index (χ0) is 15.2. The average molecular weight is 285 g/mol. The van der Waals surface area contributed by atoms with Crippen LogP contribution in [0.3, 0.4) is 0 Å². The van der Waals surface area contributed by atoms with Gasteiger partial charge in [-0.05, 0) is 50.1 Å². The van der Waals surface area contributed by atoms with Gasteiger partial charge in [0.15, 0.2) is 0 Å². The molecule has 3 nitrogen and oxygen atoms in total. The molecule has 3 heteroatoms. The number of aromatic hydroxyl groups is 1. The highest BCUT2D eigenvalue weighted by Gasteiger charge is 2.12. The molecule has 0 aliphatic heterocycles. The van der Waals surface area contributed by atoms with Crippen molar-refractivity contribution in [3.05, 3.63) is 54.1 Å². The molecule has 0 amide bonds. The molecule has 0 spiro atoms. The van der Waals surface area contributed by atoms with Crippen LogP contribution in [0.2, 0.25) is 0 Å². The number of hydrogen-bond donors (Lipinski definition) is 2. The third-order valence-corrected chi connectivity index (χ3v) is 3.28. The molecule has 0 aliphatic carbocycles. The molecule has 0 saturated heterocycles. The summed E-state index contributed by atoms with van der Waals surface area (Å²) in [6.07, 6.45) is 1.09. The maximum Gasteiger partial charge on any atom is 0.142 e. The summed E-state index contributed by atoms with van der Waals surface area (Å²) in [4.78, 5) is 0. The quantitative estimate of drug-likeness (QED) is 0.805. The lowest BCUT2D eigenvalue weighted by atomic mass is 10.0. The third kappa shape index (κ3) is 4.15. The summed E-state index contributed by atoms with van der Waals surface area (Å²) in [7, 11) is 0. The van der Waals surface area contributed by atoms with Crippen molar-refractivity contribution < 1.29 is 9.84 Å². The number of anilines is 1. The van der Waals surface area contributed by atoms with E-state index in [4.69, 9.17) is 4.74 Å². The number of nitrogens with one attached hydrogen (secondary N) is 1. The van der Waals surface area contributed by atoms with Crippen molar-refractivity contribution in [1.29, 1.82) is 0 Å². The molecule has 2 aromatic rings. The van der Waals surface area contributed by atoms with Gasteiger partial charge >= 0.3 is 0 Å². The SMILES string of the molecule is CCC(Nc1ccccc1OC(C)C)c1ccc(O)cc1. The predicted molar refractivity (Wildman–Crippen MR) is 87.0 cm³/mol. The Morgan fingerprint density at radius 2 is 1.71 bits per heavy atom. The minimum atomic E-state index is 0.140. The number of para-hydroxylation sites is 2. The van der Waals surface area contributed by atoms with Crippen LogP contribution in [0, 0.1) is 0 Å². The fourth-order valence-electron chi connectivity index (χ4n) is 2.26. The highest BCUT2D eigenvalue weighted by molar-refractivity contribution is 5.57. The Kier molecular flexibility index (Phi) is 5.09. The Labute approximate surface area is 126 Å². The van der Waals surface area contributed by atoms with Gasteiger partial charge in [0, 0.05) is 0 Å². The van der Waals surface area contributed by atoms with E-state index in [2.05, 4.69) is 12.2 Å². The second-order valence-corrected chi connectivity index (χ2v) is 5.36. The van der Waals surface area contributed by atoms with Crippen LogP contribution in [0.1, 0.15) is 38.8 Å². The van der Waals surface area contributed by atoms with Crippen molar-refractivity contribution in [3.8, 4) is 11.5 Å². The van der Waals surface area contributed by atoms with Crippen LogP contribution in [-0.4, -0.2) is 11.2 Å². The fourth-order valence-corrected chi connectivity index (χ4v) is 2.26. The second-order valence-electron chi connectivity index (χ2n) is 5.36. The van der Waals surface area contributed by atoms with Crippen molar-refractivity contribution in [2.45, 2.75) is 39.3 Å². The Morgan fingerprint density at radius 3 is 2.33 bits per heavy atom. The highest BCUT2D eigenvalue weighted by Crippen LogP contribution is 2.30. The van der Waals surface area contributed by atoms with Gasteiger partial charge in [0.2, 0.25) is 0 Å². The first-order valence-corrected chi connectivity index (χ1v) is 7.41. The summed E-state index contributed by atoms with van der Waals surface area (Å²) in [5.74, 6) is 1.15. The van der Waals surface area contributed by atoms with Gasteiger partial charge in [-0.25, -0.2) is 0 Å². The number of phenolic OH excluding ortho intramolecular Hbond substituents is 1. The molecule has 0 aromatic heterocycles. The summed E-state index contributed by atoms with van der Waals surface area (Å²) in [5, 5.41) is 12.9. The molecule has 112 valence electrons. The summed E-state index contributed by atoms with van der Waals surface area (Å²) in [6, 6.07) is 15.5. The monoisotopic (exact) mass is 285 g/mol. The highest BCUT2D eigenvalue weighted by atomic mass is 16.5. The molecule has 0 fully saturated rings. The maximum atomic E-state index is 9.40. The van der Waals surface area contributed by atoms with Gasteiger partial charge in [0.1, 0.15) is 11.5 Å². The van der Waals surface area contributed by atoms with Gasteiger partial charge in [0.05, 0.1) is 17.8 Å². The zero-order valence-electron chi connectivity index (χ0n) is 12.8. The van der Waals surface area contributed by atoms with Crippen LogP contribution in [0.25, 0.3) is 0 Å². The first-order valence-electron chi connectivity index (χ1n) is 7.41. The van der Waals surface area contributed by atoms with Gasteiger partial charge in [-0.2, -0.15) is 0 Å². The van der Waals surface area contributed by atoms with Crippen LogP contribution in [0.5, 0.6) is 11.5 Å². The minimum absolute atomic E-state index is 0.140. The summed E-state index contributed by atoms with van der Waals surface area (Å²) < 4.78 is 5.84. The van der Waals surface area contributed by atoms with E-state index in [0.717, 1.165) is 23.4 Å². The number of phenols is 1. The van der Waals surface area contributed by atoms with E-state index in [1.54, 1.807) is 12.1 Å². The van der Waals surface area contributed by atoms with Gasteiger partial charge in [-0.15, -0.1) is 0 Å². The fraction of sp³-hybridized carbons (Fsp3) is 0.333. The molecule has 1 atom stereocenters. The van der Waals surface area contributed by atoms with Crippen molar-refractivity contribution in [2.75, 3.05) is 5.32 Å². The predicted octanol–water partition coefficient (Wildman–Crippen LogP) is 4.74. The van der Waals surface area contributed by atoms with Crippen molar-refractivity contribution in [1.82, 2.24) is 0 Å². The number of benzene rings is 2. The van der Waals surface area contributed by atoms with E-state index in [1.807, 2.05) is 50.2 Å². The zero-order valence-corrected chi connectivity index (χ0v) is 12.8. The van der Waals surface area contributed by atoms with Crippen molar-refractivity contribution in [2.24, 2.45) is 0 Å². The number of hydrogen-bond acceptors (Lipinski definition) is 3. The minimum Gasteiger partial charge on any atom is -0.508 e. The normalized spacial score (nSPS) is 12.2. The van der Waals surface area contributed by atoms with Crippen LogP contribution < -0.4 is 10.1 Å². The summed E-state index contributed by atoms with van der Waals surface area (Å²) >= 11 is 0. The lowest BCUT2D eigenvalue weighted by Crippen LogP contribution is -2.12. The van der Waals surface area contributed by atoms with E-state index in [9.17, 15) is 5.11 Å².